The molecule has 5 nitrogen and oxygen atoms in total. The highest BCUT2D eigenvalue weighted by atomic mass is 16.5. The van der Waals surface area contributed by atoms with Crippen LogP contribution in [0.3, 0.4) is 0 Å². The second-order valence-electron chi connectivity index (χ2n) is 8.48. The maximum atomic E-state index is 12.7. The van der Waals surface area contributed by atoms with Crippen molar-refractivity contribution in [3.05, 3.63) is 29.8 Å². The molecular weight excluding hydrogens is 340 g/mol. The average molecular weight is 373 g/mol. The highest BCUT2D eigenvalue weighted by Crippen LogP contribution is 2.43. The zero-order chi connectivity index (χ0) is 18.9. The summed E-state index contributed by atoms with van der Waals surface area (Å²) >= 11 is 0. The lowest BCUT2D eigenvalue weighted by Gasteiger charge is -2.44. The molecule has 4 rings (SSSR count). The largest absolute Gasteiger partial charge is 0.497 e. The standard InChI is InChI=1S/C22H32N2O3/c1-17-15-23(16-18-5-7-19(26-2)8-6-18)14-11-22(17)10-9-20(27-22)21(25)24-12-3-4-13-24/h5-8,17,20H,3-4,9-16H2,1-2H3/t17-,20?,22+/m0/s1. The first-order valence-electron chi connectivity index (χ1n) is 10.4. The molecule has 1 unspecified atom stereocenters. The van der Waals surface area contributed by atoms with Crippen LogP contribution in [0.1, 0.15) is 44.6 Å². The molecule has 3 fully saturated rings. The van der Waals surface area contributed by atoms with Gasteiger partial charge in [0.15, 0.2) is 0 Å². The Hall–Kier alpha value is -1.59. The maximum absolute atomic E-state index is 12.7. The van der Waals surface area contributed by atoms with Gasteiger partial charge in [-0.15, -0.1) is 0 Å². The number of hydrogen-bond donors (Lipinski definition) is 0. The number of piperidine rings is 1. The molecule has 27 heavy (non-hydrogen) atoms. The van der Waals surface area contributed by atoms with Gasteiger partial charge in [-0.05, 0) is 55.7 Å². The van der Waals surface area contributed by atoms with E-state index in [0.29, 0.717) is 5.92 Å². The molecule has 1 amide bonds. The smallest absolute Gasteiger partial charge is 0.251 e. The van der Waals surface area contributed by atoms with Gasteiger partial charge in [-0.3, -0.25) is 9.69 Å². The van der Waals surface area contributed by atoms with Gasteiger partial charge in [0, 0.05) is 32.7 Å². The van der Waals surface area contributed by atoms with Gasteiger partial charge in [0.05, 0.1) is 12.7 Å². The molecule has 148 valence electrons. The molecule has 1 spiro atoms. The van der Waals surface area contributed by atoms with Crippen molar-refractivity contribution >= 4 is 5.91 Å². The molecule has 3 aliphatic heterocycles. The van der Waals surface area contributed by atoms with E-state index in [2.05, 4.69) is 24.0 Å². The van der Waals surface area contributed by atoms with Crippen LogP contribution in [0.4, 0.5) is 0 Å². The Bertz CT molecular complexity index is 656. The second-order valence-corrected chi connectivity index (χ2v) is 8.48. The maximum Gasteiger partial charge on any atom is 0.251 e. The number of rotatable bonds is 4. The summed E-state index contributed by atoms with van der Waals surface area (Å²) in [6, 6.07) is 8.34. The van der Waals surface area contributed by atoms with Crippen LogP contribution in [-0.2, 0) is 16.1 Å². The van der Waals surface area contributed by atoms with Crippen molar-refractivity contribution in [2.45, 2.75) is 57.3 Å². The van der Waals surface area contributed by atoms with Crippen molar-refractivity contribution in [1.82, 2.24) is 9.80 Å². The number of benzene rings is 1. The Morgan fingerprint density at radius 2 is 1.93 bits per heavy atom. The zero-order valence-corrected chi connectivity index (χ0v) is 16.7. The van der Waals surface area contributed by atoms with E-state index >= 15 is 0 Å². The van der Waals surface area contributed by atoms with E-state index in [9.17, 15) is 4.79 Å². The van der Waals surface area contributed by atoms with Gasteiger partial charge in [-0.2, -0.15) is 0 Å². The average Bonchev–Trinajstić information content (AvgIpc) is 3.36. The van der Waals surface area contributed by atoms with E-state index in [1.54, 1.807) is 7.11 Å². The Morgan fingerprint density at radius 3 is 2.59 bits per heavy atom. The molecule has 0 radical (unpaired) electrons. The van der Waals surface area contributed by atoms with Gasteiger partial charge in [-0.1, -0.05) is 19.1 Å². The summed E-state index contributed by atoms with van der Waals surface area (Å²) in [6.45, 7) is 7.13. The SMILES string of the molecule is COc1ccc(CN2CC[C@]3(CCC(C(=O)N4CCCC4)O3)[C@@H](C)C2)cc1. The van der Waals surface area contributed by atoms with Crippen LogP contribution in [0, 0.1) is 5.92 Å². The van der Waals surface area contributed by atoms with Crippen LogP contribution in [0.5, 0.6) is 5.75 Å². The molecule has 0 N–H and O–H groups in total. The number of ether oxygens (including phenoxy) is 2. The van der Waals surface area contributed by atoms with E-state index in [0.717, 1.165) is 70.6 Å². The molecule has 3 heterocycles. The third kappa shape index (κ3) is 3.85. The van der Waals surface area contributed by atoms with E-state index in [-0.39, 0.29) is 17.6 Å². The molecule has 3 aliphatic rings. The van der Waals surface area contributed by atoms with Crippen LogP contribution in [-0.4, -0.2) is 60.7 Å². The number of likely N-dealkylation sites (tertiary alicyclic amines) is 2. The minimum absolute atomic E-state index is 0.101. The van der Waals surface area contributed by atoms with Gasteiger partial charge in [-0.25, -0.2) is 0 Å². The second kappa shape index (κ2) is 7.80. The van der Waals surface area contributed by atoms with E-state index in [1.807, 2.05) is 17.0 Å². The lowest BCUT2D eigenvalue weighted by molar-refractivity contribution is -0.156. The zero-order valence-electron chi connectivity index (χ0n) is 16.7. The van der Waals surface area contributed by atoms with Crippen molar-refractivity contribution in [1.29, 1.82) is 0 Å². The highest BCUT2D eigenvalue weighted by Gasteiger charge is 2.49. The van der Waals surface area contributed by atoms with E-state index in [4.69, 9.17) is 9.47 Å². The lowest BCUT2D eigenvalue weighted by Crippen LogP contribution is -2.51. The van der Waals surface area contributed by atoms with Crippen molar-refractivity contribution < 1.29 is 14.3 Å². The molecule has 1 aromatic rings. The molecule has 0 saturated carbocycles. The Kier molecular flexibility index (Phi) is 5.42. The minimum atomic E-state index is -0.210. The summed E-state index contributed by atoms with van der Waals surface area (Å²) < 4.78 is 11.7. The third-order valence-corrected chi connectivity index (χ3v) is 6.75. The number of carbonyl (C=O) groups is 1. The van der Waals surface area contributed by atoms with Crippen LogP contribution in [0.25, 0.3) is 0 Å². The van der Waals surface area contributed by atoms with Gasteiger partial charge < -0.3 is 14.4 Å². The molecule has 0 aliphatic carbocycles. The summed E-state index contributed by atoms with van der Waals surface area (Å²) in [6.07, 6.45) is 5.00. The lowest BCUT2D eigenvalue weighted by atomic mass is 9.80. The van der Waals surface area contributed by atoms with Crippen LogP contribution in [0.2, 0.25) is 0 Å². The van der Waals surface area contributed by atoms with E-state index in [1.165, 1.54) is 5.56 Å². The monoisotopic (exact) mass is 372 g/mol. The minimum Gasteiger partial charge on any atom is -0.497 e. The van der Waals surface area contributed by atoms with Crippen molar-refractivity contribution in [3.8, 4) is 5.75 Å². The number of hydrogen-bond acceptors (Lipinski definition) is 4. The highest BCUT2D eigenvalue weighted by molar-refractivity contribution is 5.81. The molecule has 3 atom stereocenters. The quantitative estimate of drug-likeness (QED) is 0.815. The molecule has 5 heteroatoms. The number of methoxy groups -OCH3 is 1. The van der Waals surface area contributed by atoms with Crippen LogP contribution < -0.4 is 4.74 Å². The fourth-order valence-electron chi connectivity index (χ4n) is 5.01. The molecule has 3 saturated heterocycles. The molecular formula is C22H32N2O3. The summed E-state index contributed by atoms with van der Waals surface area (Å²) in [4.78, 5) is 17.2. The summed E-state index contributed by atoms with van der Waals surface area (Å²) in [7, 11) is 1.70. The van der Waals surface area contributed by atoms with Crippen LogP contribution in [0.15, 0.2) is 24.3 Å². The van der Waals surface area contributed by atoms with Gasteiger partial charge in [0.25, 0.3) is 5.91 Å². The van der Waals surface area contributed by atoms with E-state index < -0.39 is 0 Å². The predicted octanol–water partition coefficient (Wildman–Crippen LogP) is 3.08. The van der Waals surface area contributed by atoms with Crippen molar-refractivity contribution in [2.75, 3.05) is 33.3 Å². The first kappa shape index (κ1) is 18.8. The Morgan fingerprint density at radius 1 is 1.19 bits per heavy atom. The van der Waals surface area contributed by atoms with Gasteiger partial charge in [0.1, 0.15) is 11.9 Å². The Balaban J connectivity index is 1.33. The molecule has 0 aromatic heterocycles. The Labute approximate surface area is 162 Å². The number of amides is 1. The fraction of sp³-hybridized carbons (Fsp3) is 0.682. The summed E-state index contributed by atoms with van der Waals surface area (Å²) in [5.74, 6) is 1.58. The predicted molar refractivity (Wildman–Crippen MR) is 105 cm³/mol. The van der Waals surface area contributed by atoms with Crippen LogP contribution >= 0.6 is 0 Å². The number of nitrogens with zero attached hydrogens (tertiary/aromatic N) is 2. The normalized spacial score (nSPS) is 31.6. The molecule has 1 aromatic carbocycles. The van der Waals surface area contributed by atoms with Gasteiger partial charge >= 0.3 is 0 Å². The molecule has 0 bridgehead atoms. The van der Waals surface area contributed by atoms with Gasteiger partial charge in [0.2, 0.25) is 0 Å². The van der Waals surface area contributed by atoms with Crippen molar-refractivity contribution in [2.24, 2.45) is 5.92 Å². The number of carbonyl (C=O) groups excluding carboxylic acids is 1. The topological polar surface area (TPSA) is 42.0 Å². The first-order chi connectivity index (χ1) is 13.1. The third-order valence-electron chi connectivity index (χ3n) is 6.75. The summed E-state index contributed by atoms with van der Waals surface area (Å²) in [5, 5.41) is 0. The van der Waals surface area contributed by atoms with Crippen molar-refractivity contribution in [3.63, 3.8) is 0 Å². The summed E-state index contributed by atoms with van der Waals surface area (Å²) in [5.41, 5.74) is 1.21. The fourth-order valence-corrected chi connectivity index (χ4v) is 5.01. The first-order valence-corrected chi connectivity index (χ1v) is 10.4.